The molecule has 0 aromatic heterocycles. The van der Waals surface area contributed by atoms with Gasteiger partial charge >= 0.3 is 5.97 Å². The summed E-state index contributed by atoms with van der Waals surface area (Å²) in [6, 6.07) is 13.5. The maximum Gasteiger partial charge on any atom is 0.338 e. The molecule has 1 heterocycles. The molecule has 0 radical (unpaired) electrons. The van der Waals surface area contributed by atoms with Crippen LogP contribution in [0, 0.1) is 0 Å². The van der Waals surface area contributed by atoms with E-state index in [-0.39, 0.29) is 21.7 Å². The Bertz CT molecular complexity index is 1120. The highest BCUT2D eigenvalue weighted by molar-refractivity contribution is 7.90. The molecule has 1 aliphatic heterocycles. The molecule has 6 nitrogen and oxygen atoms in total. The number of ether oxygens (including phenoxy) is 1. The van der Waals surface area contributed by atoms with Gasteiger partial charge in [-0.1, -0.05) is 38.1 Å². The van der Waals surface area contributed by atoms with Gasteiger partial charge in [0.1, 0.15) is 0 Å². The Morgan fingerprint density at radius 3 is 2.45 bits per heavy atom. The van der Waals surface area contributed by atoms with Crippen LogP contribution in [0.25, 0.3) is 0 Å². The van der Waals surface area contributed by atoms with E-state index in [0.29, 0.717) is 0 Å². The third-order valence-corrected chi connectivity index (χ3v) is 6.19. The number of sulfone groups is 1. The van der Waals surface area contributed by atoms with E-state index in [4.69, 9.17) is 4.74 Å². The molecule has 1 aliphatic rings. The predicted octanol–water partition coefficient (Wildman–Crippen LogP) is 3.13. The Kier molecular flexibility index (Phi) is 5.36. The number of ketones is 1. The summed E-state index contributed by atoms with van der Waals surface area (Å²) in [5.74, 6) is -1.09. The van der Waals surface area contributed by atoms with E-state index in [9.17, 15) is 18.0 Å². The Hall–Kier alpha value is -2.93. The van der Waals surface area contributed by atoms with Gasteiger partial charge in [0.15, 0.2) is 22.2 Å². The number of rotatable bonds is 5. The zero-order valence-electron chi connectivity index (χ0n) is 16.8. The number of carbonyl (C=O) groups excluding carboxylic acids is 2. The summed E-state index contributed by atoms with van der Waals surface area (Å²) < 4.78 is 28.4. The number of fused-ring (bicyclic) bond motifs is 1. The van der Waals surface area contributed by atoms with Gasteiger partial charge in [0, 0.05) is 36.2 Å². The summed E-state index contributed by atoms with van der Waals surface area (Å²) in [5, 5.41) is 0. The van der Waals surface area contributed by atoms with Crippen molar-refractivity contribution < 1.29 is 22.7 Å². The second-order valence-corrected chi connectivity index (χ2v) is 9.59. The number of esters is 1. The molecule has 0 saturated carbocycles. The molecule has 3 rings (SSSR count). The van der Waals surface area contributed by atoms with Crippen molar-refractivity contribution in [1.29, 1.82) is 0 Å². The zero-order chi connectivity index (χ0) is 21.4. The highest BCUT2D eigenvalue weighted by Gasteiger charge is 2.38. The number of hydrogen-bond donors (Lipinski definition) is 0. The van der Waals surface area contributed by atoms with Gasteiger partial charge in [0.05, 0.1) is 10.5 Å². The van der Waals surface area contributed by atoms with E-state index in [1.54, 1.807) is 0 Å². The molecule has 0 bridgehead atoms. The first kappa shape index (κ1) is 20.8. The third kappa shape index (κ3) is 4.10. The molecule has 0 N–H and O–H groups in total. The predicted molar refractivity (Wildman–Crippen MR) is 111 cm³/mol. The van der Waals surface area contributed by atoms with Crippen LogP contribution >= 0.6 is 0 Å². The van der Waals surface area contributed by atoms with Gasteiger partial charge in [-0.3, -0.25) is 4.79 Å². The van der Waals surface area contributed by atoms with Crippen molar-refractivity contribution in [2.75, 3.05) is 24.8 Å². The minimum absolute atomic E-state index is 0.0208. The Morgan fingerprint density at radius 2 is 1.79 bits per heavy atom. The van der Waals surface area contributed by atoms with Gasteiger partial charge in [-0.25, -0.2) is 13.2 Å². The Balaban J connectivity index is 1.73. The second kappa shape index (κ2) is 7.48. The van der Waals surface area contributed by atoms with E-state index in [2.05, 4.69) is 0 Å². The summed E-state index contributed by atoms with van der Waals surface area (Å²) in [7, 11) is -1.54. The average Bonchev–Trinajstić information content (AvgIpc) is 2.86. The topological polar surface area (TPSA) is 80.8 Å². The van der Waals surface area contributed by atoms with Crippen molar-refractivity contribution in [3.05, 3.63) is 71.4 Å². The average molecular weight is 413 g/mol. The summed E-state index contributed by atoms with van der Waals surface area (Å²) in [6.45, 7) is 3.65. The van der Waals surface area contributed by atoms with Crippen LogP contribution in [0.1, 0.15) is 29.8 Å². The molecular formula is C22H23NO5S. The van der Waals surface area contributed by atoms with Gasteiger partial charge in [-0.15, -0.1) is 0 Å². The molecule has 2 aromatic rings. The molecule has 2 aromatic carbocycles. The van der Waals surface area contributed by atoms with Gasteiger partial charge in [0.2, 0.25) is 0 Å². The molecule has 0 amide bonds. The first-order valence-electron chi connectivity index (χ1n) is 9.07. The minimum Gasteiger partial charge on any atom is -0.454 e. The van der Waals surface area contributed by atoms with Gasteiger partial charge in [-0.2, -0.15) is 0 Å². The zero-order valence-corrected chi connectivity index (χ0v) is 17.6. The van der Waals surface area contributed by atoms with Gasteiger partial charge < -0.3 is 9.64 Å². The maximum atomic E-state index is 12.5. The number of hydrogen-bond acceptors (Lipinski definition) is 6. The van der Waals surface area contributed by atoms with Crippen molar-refractivity contribution in [2.24, 2.45) is 0 Å². The van der Waals surface area contributed by atoms with Crippen molar-refractivity contribution in [2.45, 2.75) is 24.2 Å². The first-order valence-corrected chi connectivity index (χ1v) is 11.0. The first-order chi connectivity index (χ1) is 13.5. The van der Waals surface area contributed by atoms with Gasteiger partial charge in [-0.05, 0) is 29.8 Å². The Labute approximate surface area is 170 Å². The van der Waals surface area contributed by atoms with Crippen LogP contribution in [0.5, 0.6) is 0 Å². The number of carbonyl (C=O) groups is 2. The normalized spacial score (nSPS) is 16.6. The van der Waals surface area contributed by atoms with E-state index in [1.165, 1.54) is 30.3 Å². The van der Waals surface area contributed by atoms with Crippen LogP contribution in [0.4, 0.5) is 5.69 Å². The fourth-order valence-corrected chi connectivity index (χ4v) is 4.19. The molecular weight excluding hydrogens is 390 g/mol. The number of para-hydroxylation sites is 1. The number of likely N-dealkylation sites (N-methyl/N-ethyl adjacent to an activating group) is 1. The molecule has 0 unspecified atom stereocenters. The third-order valence-electron chi connectivity index (χ3n) is 5.08. The van der Waals surface area contributed by atoms with E-state index < -0.39 is 22.4 Å². The van der Waals surface area contributed by atoms with E-state index >= 15 is 0 Å². The van der Waals surface area contributed by atoms with Crippen molar-refractivity contribution in [3.63, 3.8) is 0 Å². The van der Waals surface area contributed by atoms with Crippen LogP contribution < -0.4 is 4.90 Å². The van der Waals surface area contributed by atoms with Crippen molar-refractivity contribution in [1.82, 2.24) is 0 Å². The summed E-state index contributed by atoms with van der Waals surface area (Å²) in [6.07, 6.45) is 2.56. The lowest BCUT2D eigenvalue weighted by atomic mass is 9.83. The largest absolute Gasteiger partial charge is 0.454 e. The van der Waals surface area contributed by atoms with Crippen LogP contribution in [-0.4, -0.2) is 40.1 Å². The highest BCUT2D eigenvalue weighted by Crippen LogP contribution is 2.46. The van der Waals surface area contributed by atoms with Crippen LogP contribution in [0.3, 0.4) is 0 Å². The van der Waals surface area contributed by atoms with Crippen molar-refractivity contribution in [3.8, 4) is 0 Å². The van der Waals surface area contributed by atoms with Crippen LogP contribution in [-0.2, 0) is 24.8 Å². The van der Waals surface area contributed by atoms with Crippen LogP contribution in [0.2, 0.25) is 0 Å². The Morgan fingerprint density at radius 1 is 1.10 bits per heavy atom. The summed E-state index contributed by atoms with van der Waals surface area (Å²) in [5.41, 5.74) is 2.70. The lowest BCUT2D eigenvalue weighted by Crippen LogP contribution is -2.25. The minimum atomic E-state index is -3.44. The molecule has 7 heteroatoms. The fraction of sp³-hybridized carbons (Fsp3) is 0.273. The maximum absolute atomic E-state index is 12.5. The molecule has 152 valence electrons. The molecule has 0 aliphatic carbocycles. The lowest BCUT2D eigenvalue weighted by Gasteiger charge is -2.23. The molecule has 0 spiro atoms. The van der Waals surface area contributed by atoms with Gasteiger partial charge in [0.25, 0.3) is 0 Å². The molecule has 29 heavy (non-hydrogen) atoms. The van der Waals surface area contributed by atoms with Crippen LogP contribution in [0.15, 0.2) is 65.2 Å². The lowest BCUT2D eigenvalue weighted by molar-refractivity contribution is -0.117. The summed E-state index contributed by atoms with van der Waals surface area (Å²) >= 11 is 0. The summed E-state index contributed by atoms with van der Waals surface area (Å²) in [4.78, 5) is 26.7. The number of anilines is 1. The number of nitrogens with zero attached hydrogens (tertiary/aromatic N) is 1. The molecule has 0 fully saturated rings. The smallest absolute Gasteiger partial charge is 0.338 e. The van der Waals surface area contributed by atoms with E-state index in [1.807, 2.05) is 50.1 Å². The molecule has 0 atom stereocenters. The quantitative estimate of drug-likeness (QED) is 0.553. The monoisotopic (exact) mass is 413 g/mol. The van der Waals surface area contributed by atoms with Crippen molar-refractivity contribution >= 4 is 27.3 Å². The van der Waals surface area contributed by atoms with E-state index in [0.717, 1.165) is 23.2 Å². The number of allylic oxidation sites excluding steroid dienone is 1. The number of benzene rings is 2. The fourth-order valence-electron chi connectivity index (χ4n) is 3.53. The standard InChI is InChI=1S/C22H23NO5S/c1-22(2)18-10-5-6-11-19(18)23(3)20(22)13-16(24)14-28-21(25)15-8-7-9-17(12-15)29(4,26)27/h5-13H,14H2,1-4H3/b20-13-. The SMILES string of the molecule is CN1/C(=C\C(=O)COC(=O)c2cccc(S(C)(=O)=O)c2)C(C)(C)c2ccccc21. The molecule has 0 saturated heterocycles. The second-order valence-electron chi connectivity index (χ2n) is 7.57. The highest BCUT2D eigenvalue weighted by atomic mass is 32.2.